The van der Waals surface area contributed by atoms with E-state index in [-0.39, 0.29) is 0 Å². The van der Waals surface area contributed by atoms with Crippen LogP contribution in [-0.2, 0) is 21.7 Å². The van der Waals surface area contributed by atoms with Crippen LogP contribution in [0.3, 0.4) is 0 Å². The van der Waals surface area contributed by atoms with Crippen LogP contribution in [0.4, 0.5) is 34.1 Å². The molecule has 2 atom stereocenters. The predicted molar refractivity (Wildman–Crippen MR) is 552 cm³/mol. The lowest BCUT2D eigenvalue weighted by atomic mass is 9.67. The number of hydrogen-bond donors (Lipinski definition) is 0. The summed E-state index contributed by atoms with van der Waals surface area (Å²) < 4.78 is 0. The van der Waals surface area contributed by atoms with E-state index in [2.05, 4.69) is 521 Å². The zero-order valence-electron chi connectivity index (χ0n) is 73.7. The van der Waals surface area contributed by atoms with Crippen molar-refractivity contribution < 1.29 is 0 Å². The summed E-state index contributed by atoms with van der Waals surface area (Å²) in [5.41, 5.74) is 41.7. The second-order valence-electron chi connectivity index (χ2n) is 36.6. The van der Waals surface area contributed by atoms with Gasteiger partial charge in [-0.1, -0.05) is 463 Å². The Hall–Kier alpha value is -16.3. The van der Waals surface area contributed by atoms with E-state index in [9.17, 15) is 0 Å². The third-order valence-electron chi connectivity index (χ3n) is 30.0. The second kappa shape index (κ2) is 31.3. The molecule has 4 aliphatic carbocycles. The molecule has 0 fully saturated rings. The van der Waals surface area contributed by atoms with E-state index in [4.69, 9.17) is 0 Å². The molecule has 622 valence electrons. The lowest BCUT2D eigenvalue weighted by Gasteiger charge is -2.35. The molecular weight excluding hydrogens is 1590 g/mol. The average Bonchev–Trinajstić information content (AvgIpc) is 1.53. The van der Waals surface area contributed by atoms with E-state index in [1.807, 2.05) is 0 Å². The first-order chi connectivity index (χ1) is 65.3. The highest BCUT2D eigenvalue weighted by molar-refractivity contribution is 6.14. The van der Waals surface area contributed by atoms with Gasteiger partial charge >= 0.3 is 0 Å². The van der Waals surface area contributed by atoms with Crippen molar-refractivity contribution in [1.82, 2.24) is 0 Å². The zero-order chi connectivity index (χ0) is 87.6. The number of fused-ring (bicyclic) bond motifs is 15. The van der Waals surface area contributed by atoms with Crippen molar-refractivity contribution in [2.75, 3.05) is 9.80 Å². The lowest BCUT2D eigenvalue weighted by Crippen LogP contribution is -2.28. The molecule has 0 spiro atoms. The highest BCUT2D eigenvalue weighted by Gasteiger charge is 2.51. The molecule has 2 nitrogen and oxygen atoms in total. The van der Waals surface area contributed by atoms with Crippen molar-refractivity contribution in [1.29, 1.82) is 0 Å². The number of hydrogen-bond acceptors (Lipinski definition) is 2. The molecule has 0 amide bonds. The van der Waals surface area contributed by atoms with Gasteiger partial charge in [-0.25, -0.2) is 0 Å². The molecule has 0 aromatic heterocycles. The molecule has 0 saturated carbocycles. The van der Waals surface area contributed by atoms with Gasteiger partial charge in [0, 0.05) is 44.3 Å². The highest BCUT2D eigenvalue weighted by atomic mass is 15.2. The molecular formula is C130H92N2. The topological polar surface area (TPSA) is 6.48 Å². The summed E-state index contributed by atoms with van der Waals surface area (Å²) in [6.07, 6.45) is 1.75. The molecule has 2 heteroatoms. The van der Waals surface area contributed by atoms with E-state index >= 15 is 0 Å². The van der Waals surface area contributed by atoms with Gasteiger partial charge in [0.2, 0.25) is 0 Å². The van der Waals surface area contributed by atoms with E-state index < -0.39 is 21.7 Å². The normalized spacial score (nSPS) is 15.3. The van der Waals surface area contributed by atoms with Gasteiger partial charge in [-0.3, -0.25) is 0 Å². The molecule has 0 bridgehead atoms. The smallest absolute Gasteiger partial charge is 0.0714 e. The SMILES string of the molecule is CC1(CCC2(C)c3ccccc3-c3c(-c4ccccc4N(c4ccc5c(c4)C(c4ccccc4)(c4ccccc4)c4ccccc4-5)c4cccc5c4ccc4ccccc45)cccc32)c2ccccc2-c2c(-c3ccccc3N(c3ccc4c(c3)C(c3ccccc3)(c3ccccc3)c3ccccc3-4)c3ccccc3-c3ccccc3-c3ccccc3-c3ccccc3)cccc21. The van der Waals surface area contributed by atoms with Crippen LogP contribution >= 0.6 is 0 Å². The third kappa shape index (κ3) is 11.8. The maximum Gasteiger partial charge on any atom is 0.0714 e. The van der Waals surface area contributed by atoms with Crippen LogP contribution in [0.25, 0.3) is 122 Å². The average molecular weight is 1680 g/mol. The molecule has 0 aliphatic heterocycles. The summed E-state index contributed by atoms with van der Waals surface area (Å²) in [5, 5.41) is 4.85. The Bertz CT molecular complexity index is 8050. The second-order valence-corrected chi connectivity index (χ2v) is 36.6. The number of rotatable bonds is 18. The van der Waals surface area contributed by atoms with E-state index in [0.29, 0.717) is 0 Å². The maximum absolute atomic E-state index is 2.60. The minimum Gasteiger partial charge on any atom is -0.309 e. The molecule has 0 heterocycles. The van der Waals surface area contributed by atoms with Crippen molar-refractivity contribution in [2.45, 2.75) is 48.3 Å². The van der Waals surface area contributed by atoms with E-state index in [0.717, 1.165) is 74.8 Å². The number of para-hydroxylation sites is 3. The molecule has 4 aliphatic rings. The number of benzene rings is 21. The summed E-state index contributed by atoms with van der Waals surface area (Å²) in [6.45, 7) is 5.11. The van der Waals surface area contributed by atoms with Crippen LogP contribution < -0.4 is 9.80 Å². The molecule has 25 rings (SSSR count). The monoisotopic (exact) mass is 1680 g/mol. The van der Waals surface area contributed by atoms with Crippen LogP contribution in [0, 0.1) is 0 Å². The Morgan fingerprint density at radius 1 is 0.174 bits per heavy atom. The van der Waals surface area contributed by atoms with Crippen molar-refractivity contribution in [3.05, 3.63) is 564 Å². The molecule has 21 aromatic carbocycles. The van der Waals surface area contributed by atoms with Crippen LogP contribution in [0.2, 0.25) is 0 Å². The van der Waals surface area contributed by atoms with Gasteiger partial charge in [-0.2, -0.15) is 0 Å². The van der Waals surface area contributed by atoms with Crippen LogP contribution in [0.1, 0.15) is 93.5 Å². The minimum absolute atomic E-state index is 0.405. The standard InChI is InChI=1S/C130H92N2/c1-127(83-84-128(2)114-68-32-27-63-112(114)126-110(66-39-72-118(126)128)107-61-30-37-75-123(107)132(124-76-40-64-98-96-52-19-18-43-88(96)77-80-108(98)124)94-79-82-104-102-58-25-34-70-116(102)130(120(104)86-94,91-48-14-6-15-49-91)92-50-16-7-17-51-92)113-67-31-26-62-111(113)125-109(65-38-71-117(125)127)106-60-29-36-74-122(106)131(121-73-35-28-59-105(121)100-56-23-22-55-99(100)97-54-21-20-53-95(97)87-41-8-3-9-42-87)93-78-81-103-101-57-24-33-69-115(101)129(119(103)85-93,89-44-10-4-11-45-89)90-46-12-5-13-47-90/h3-82,85-86H,83-84H2,1-2H3. The molecule has 132 heavy (non-hydrogen) atoms. The van der Waals surface area contributed by atoms with Crippen molar-refractivity contribution in [3.8, 4) is 100 Å². The number of anilines is 6. The Kier molecular flexibility index (Phi) is 18.5. The fourth-order valence-corrected chi connectivity index (χ4v) is 24.2. The van der Waals surface area contributed by atoms with Gasteiger partial charge < -0.3 is 9.80 Å². The van der Waals surface area contributed by atoms with Gasteiger partial charge in [0.05, 0.1) is 33.6 Å². The zero-order valence-corrected chi connectivity index (χ0v) is 73.7. The van der Waals surface area contributed by atoms with Gasteiger partial charge in [0.25, 0.3) is 0 Å². The molecule has 0 saturated heterocycles. The maximum atomic E-state index is 2.60. The van der Waals surface area contributed by atoms with Crippen LogP contribution in [0.15, 0.2) is 497 Å². The molecule has 0 radical (unpaired) electrons. The summed E-state index contributed by atoms with van der Waals surface area (Å²) in [6, 6.07) is 188. The van der Waals surface area contributed by atoms with Gasteiger partial charge in [0.1, 0.15) is 0 Å². The van der Waals surface area contributed by atoms with Gasteiger partial charge in [0.15, 0.2) is 0 Å². The Morgan fingerprint density at radius 2 is 0.470 bits per heavy atom. The quantitative estimate of drug-likeness (QED) is 0.0790. The third-order valence-corrected chi connectivity index (χ3v) is 30.0. The Balaban J connectivity index is 0.641. The molecule has 2 unspecified atom stereocenters. The van der Waals surface area contributed by atoms with E-state index in [1.165, 1.54) is 161 Å². The van der Waals surface area contributed by atoms with E-state index in [1.54, 1.807) is 0 Å². The largest absolute Gasteiger partial charge is 0.309 e. The summed E-state index contributed by atoms with van der Waals surface area (Å²) in [4.78, 5) is 5.20. The summed E-state index contributed by atoms with van der Waals surface area (Å²) in [5.74, 6) is 0. The van der Waals surface area contributed by atoms with Crippen molar-refractivity contribution in [2.24, 2.45) is 0 Å². The summed E-state index contributed by atoms with van der Waals surface area (Å²) in [7, 11) is 0. The Labute approximate surface area is 772 Å². The first-order valence-electron chi connectivity index (χ1n) is 46.5. The summed E-state index contributed by atoms with van der Waals surface area (Å²) >= 11 is 0. The van der Waals surface area contributed by atoms with Crippen molar-refractivity contribution >= 4 is 55.7 Å². The first kappa shape index (κ1) is 78.0. The van der Waals surface area contributed by atoms with Crippen LogP contribution in [0.5, 0.6) is 0 Å². The fourth-order valence-electron chi connectivity index (χ4n) is 24.2. The molecule has 0 N–H and O–H groups in total. The van der Waals surface area contributed by atoms with Gasteiger partial charge in [-0.05, 0) is 228 Å². The first-order valence-corrected chi connectivity index (χ1v) is 46.5. The van der Waals surface area contributed by atoms with Gasteiger partial charge in [-0.15, -0.1) is 0 Å². The molecule has 21 aromatic rings. The van der Waals surface area contributed by atoms with Crippen LogP contribution in [-0.4, -0.2) is 0 Å². The lowest BCUT2D eigenvalue weighted by molar-refractivity contribution is 0.424. The fraction of sp³-hybridized carbons (Fsp3) is 0.0615. The Morgan fingerprint density at radius 3 is 0.924 bits per heavy atom. The number of nitrogens with zero attached hydrogens (tertiary/aromatic N) is 2. The minimum atomic E-state index is -0.651. The highest BCUT2D eigenvalue weighted by Crippen LogP contribution is 2.64. The van der Waals surface area contributed by atoms with Crippen molar-refractivity contribution in [3.63, 3.8) is 0 Å². The predicted octanol–water partition coefficient (Wildman–Crippen LogP) is 34.0.